The monoisotopic (exact) mass is 531 g/mol. The van der Waals surface area contributed by atoms with Crippen LogP contribution in [0.25, 0.3) is 0 Å². The van der Waals surface area contributed by atoms with Crippen LogP contribution < -0.4 is 10.6 Å². The summed E-state index contributed by atoms with van der Waals surface area (Å²) in [5, 5.41) is 17.7. The van der Waals surface area contributed by atoms with E-state index < -0.39 is 11.9 Å². The van der Waals surface area contributed by atoms with E-state index in [2.05, 4.69) is 38.3 Å². The normalized spacial score (nSPS) is 18.4. The van der Waals surface area contributed by atoms with E-state index in [9.17, 15) is 19.5 Å². The molecule has 1 heterocycles. The molecule has 37 heavy (non-hydrogen) atoms. The third-order valence-electron chi connectivity index (χ3n) is 7.24. The molecule has 0 bridgehead atoms. The van der Waals surface area contributed by atoms with Crippen LogP contribution in [-0.2, 0) is 20.8 Å². The zero-order valence-electron chi connectivity index (χ0n) is 23.2. The second-order valence-corrected chi connectivity index (χ2v) is 11.8. The van der Waals surface area contributed by atoms with Crippen molar-refractivity contribution in [2.24, 2.45) is 17.8 Å². The third-order valence-corrected chi connectivity index (χ3v) is 8.29. The first-order valence-electron chi connectivity index (χ1n) is 13.5. The van der Waals surface area contributed by atoms with Crippen molar-refractivity contribution < 1.29 is 19.5 Å². The second-order valence-electron chi connectivity index (χ2n) is 10.7. The number of carboxylic acid groups (broad SMARTS) is 1. The summed E-state index contributed by atoms with van der Waals surface area (Å²) in [7, 11) is 1.91. The van der Waals surface area contributed by atoms with Crippen LogP contribution in [0, 0.1) is 17.8 Å². The Labute approximate surface area is 226 Å². The lowest BCUT2D eigenvalue weighted by Gasteiger charge is -2.33. The molecule has 0 aromatic heterocycles. The molecule has 1 aromatic carbocycles. The molecule has 7 nitrogen and oxygen atoms in total. The first-order chi connectivity index (χ1) is 17.5. The number of rotatable bonds is 15. The molecule has 0 saturated heterocycles. The summed E-state index contributed by atoms with van der Waals surface area (Å²) in [6.45, 7) is 10.2. The number of carbonyl (C=O) groups is 3. The fourth-order valence-corrected chi connectivity index (χ4v) is 5.54. The number of hydrogen-bond donors (Lipinski definition) is 3. The van der Waals surface area contributed by atoms with Gasteiger partial charge in [-0.2, -0.15) is 0 Å². The van der Waals surface area contributed by atoms with Gasteiger partial charge in [-0.3, -0.25) is 14.4 Å². The summed E-state index contributed by atoms with van der Waals surface area (Å²) >= 11 is 1.59. The number of benzene rings is 1. The number of amides is 2. The summed E-state index contributed by atoms with van der Waals surface area (Å²) in [6.07, 6.45) is 4.16. The van der Waals surface area contributed by atoms with E-state index in [4.69, 9.17) is 0 Å². The highest BCUT2D eigenvalue weighted by atomic mass is 32.2. The zero-order valence-corrected chi connectivity index (χ0v) is 24.0. The fourth-order valence-electron chi connectivity index (χ4n) is 4.60. The maximum absolute atomic E-state index is 13.1. The van der Waals surface area contributed by atoms with E-state index in [1.165, 1.54) is 0 Å². The van der Waals surface area contributed by atoms with Crippen LogP contribution in [0.4, 0.5) is 0 Å². The first kappa shape index (κ1) is 30.7. The van der Waals surface area contributed by atoms with Gasteiger partial charge in [0.2, 0.25) is 5.91 Å². The van der Waals surface area contributed by atoms with E-state index in [0.29, 0.717) is 36.8 Å². The van der Waals surface area contributed by atoms with Crippen LogP contribution in [0.1, 0.15) is 72.3 Å². The van der Waals surface area contributed by atoms with Crippen molar-refractivity contribution in [3.05, 3.63) is 47.0 Å². The van der Waals surface area contributed by atoms with Gasteiger partial charge in [0.15, 0.2) is 0 Å². The Morgan fingerprint density at radius 2 is 1.81 bits per heavy atom. The van der Waals surface area contributed by atoms with Crippen LogP contribution in [0.2, 0.25) is 0 Å². The standard InChI is InChI=1S/C29H45N3O4S/c1-7-20(4)15-27(33)32(6)25(19(2)3)13-14-26-31-24(18-37-26)28(34)30-23(16-21(5)29(35)36)17-22-11-9-8-10-12-22/h8-12,18-21,23,25-26,31H,7,13-17H2,1-6H3,(H,30,34)(H,35,36)/t20-,21-,23+,25+,26?/m0/s1. The molecule has 1 aliphatic heterocycles. The van der Waals surface area contributed by atoms with Crippen LogP contribution in [-0.4, -0.2) is 52.3 Å². The Balaban J connectivity index is 1.93. The number of carboxylic acids is 1. The van der Waals surface area contributed by atoms with Crippen molar-refractivity contribution >= 4 is 29.5 Å². The molecule has 0 fully saturated rings. The van der Waals surface area contributed by atoms with Crippen molar-refractivity contribution in [2.45, 2.75) is 90.6 Å². The predicted molar refractivity (Wildman–Crippen MR) is 151 cm³/mol. The lowest BCUT2D eigenvalue weighted by Crippen LogP contribution is -2.43. The molecule has 206 valence electrons. The van der Waals surface area contributed by atoms with Crippen molar-refractivity contribution in [1.29, 1.82) is 0 Å². The van der Waals surface area contributed by atoms with Gasteiger partial charge in [-0.25, -0.2) is 0 Å². The van der Waals surface area contributed by atoms with Crippen molar-refractivity contribution in [3.8, 4) is 0 Å². The summed E-state index contributed by atoms with van der Waals surface area (Å²) < 4.78 is 0. The molecule has 0 aliphatic carbocycles. The lowest BCUT2D eigenvalue weighted by molar-refractivity contribution is -0.141. The van der Waals surface area contributed by atoms with E-state index in [1.54, 1.807) is 18.7 Å². The minimum Gasteiger partial charge on any atom is -0.481 e. The number of nitrogens with one attached hydrogen (secondary N) is 2. The first-order valence-corrected chi connectivity index (χ1v) is 14.4. The van der Waals surface area contributed by atoms with Gasteiger partial charge in [0.25, 0.3) is 5.91 Å². The second kappa shape index (κ2) is 15.1. The number of carbonyl (C=O) groups excluding carboxylic acids is 2. The molecular weight excluding hydrogens is 486 g/mol. The Bertz CT molecular complexity index is 921. The molecule has 0 radical (unpaired) electrons. The van der Waals surface area contributed by atoms with Gasteiger partial charge >= 0.3 is 5.97 Å². The Morgan fingerprint density at radius 1 is 1.14 bits per heavy atom. The largest absolute Gasteiger partial charge is 0.481 e. The lowest BCUT2D eigenvalue weighted by atomic mass is 9.96. The quantitative estimate of drug-likeness (QED) is 0.294. The minimum absolute atomic E-state index is 0.0607. The number of nitrogens with zero attached hydrogens (tertiary/aromatic N) is 1. The molecule has 5 atom stereocenters. The van der Waals surface area contributed by atoms with Gasteiger partial charge in [0.05, 0.1) is 11.3 Å². The molecule has 8 heteroatoms. The average Bonchev–Trinajstić information content (AvgIpc) is 3.33. The van der Waals surface area contributed by atoms with E-state index in [-0.39, 0.29) is 29.3 Å². The third kappa shape index (κ3) is 10.1. The molecule has 1 aromatic rings. The molecule has 2 rings (SSSR count). The average molecular weight is 532 g/mol. The van der Waals surface area contributed by atoms with E-state index in [0.717, 1.165) is 24.8 Å². The number of aliphatic carboxylic acids is 1. The van der Waals surface area contributed by atoms with Gasteiger partial charge in [-0.15, -0.1) is 11.8 Å². The van der Waals surface area contributed by atoms with Gasteiger partial charge in [-0.1, -0.05) is 71.4 Å². The summed E-state index contributed by atoms with van der Waals surface area (Å²) in [5.41, 5.74) is 1.57. The van der Waals surface area contributed by atoms with Gasteiger partial charge in [-0.05, 0) is 43.1 Å². The van der Waals surface area contributed by atoms with Crippen molar-refractivity contribution in [2.75, 3.05) is 7.05 Å². The molecule has 3 N–H and O–H groups in total. The van der Waals surface area contributed by atoms with Crippen LogP contribution in [0.15, 0.2) is 41.4 Å². The van der Waals surface area contributed by atoms with Crippen molar-refractivity contribution in [1.82, 2.24) is 15.5 Å². The Morgan fingerprint density at radius 3 is 2.41 bits per heavy atom. The Hall–Kier alpha value is -2.48. The SMILES string of the molecule is CC[C@H](C)CC(=O)N(C)[C@H](CCC1NC(C(=O)N[C@@H](Cc2ccccc2)C[C@H](C)C(=O)O)=CS1)C(C)C. The van der Waals surface area contributed by atoms with E-state index >= 15 is 0 Å². The molecule has 2 amide bonds. The molecule has 0 saturated carbocycles. The number of thioether (sulfide) groups is 1. The van der Waals surface area contributed by atoms with Gasteiger partial charge in [0, 0.05) is 31.0 Å². The minimum atomic E-state index is -0.867. The van der Waals surface area contributed by atoms with Crippen LogP contribution >= 0.6 is 11.8 Å². The van der Waals surface area contributed by atoms with Crippen molar-refractivity contribution in [3.63, 3.8) is 0 Å². The predicted octanol–water partition coefficient (Wildman–Crippen LogP) is 5.03. The highest BCUT2D eigenvalue weighted by Gasteiger charge is 2.28. The molecule has 0 spiro atoms. The maximum Gasteiger partial charge on any atom is 0.306 e. The zero-order chi connectivity index (χ0) is 27.5. The molecule has 1 unspecified atom stereocenters. The summed E-state index contributed by atoms with van der Waals surface area (Å²) in [5.74, 6) is -0.733. The van der Waals surface area contributed by atoms with Crippen LogP contribution in [0.5, 0.6) is 0 Å². The number of hydrogen-bond acceptors (Lipinski definition) is 5. The summed E-state index contributed by atoms with van der Waals surface area (Å²) in [6, 6.07) is 9.64. The Kier molecular flexibility index (Phi) is 12.5. The van der Waals surface area contributed by atoms with Crippen LogP contribution in [0.3, 0.4) is 0 Å². The van der Waals surface area contributed by atoms with Gasteiger partial charge in [0.1, 0.15) is 5.70 Å². The smallest absolute Gasteiger partial charge is 0.306 e. The molecular formula is C29H45N3O4S. The summed E-state index contributed by atoms with van der Waals surface area (Å²) in [4.78, 5) is 39.2. The molecule has 1 aliphatic rings. The topological polar surface area (TPSA) is 98.7 Å². The fraction of sp³-hybridized carbons (Fsp3) is 0.621. The van der Waals surface area contributed by atoms with E-state index in [1.807, 2.05) is 47.7 Å². The maximum atomic E-state index is 13.1. The van der Waals surface area contributed by atoms with Gasteiger partial charge < -0.3 is 20.6 Å². The highest BCUT2D eigenvalue weighted by Crippen LogP contribution is 2.28. The highest BCUT2D eigenvalue weighted by molar-refractivity contribution is 8.03.